The van der Waals surface area contributed by atoms with Crippen LogP contribution in [0.5, 0.6) is 0 Å². The van der Waals surface area contributed by atoms with Crippen molar-refractivity contribution in [2.24, 2.45) is 11.8 Å². The summed E-state index contributed by atoms with van der Waals surface area (Å²) >= 11 is 1.47. The monoisotopic (exact) mass is 377 g/mol. The summed E-state index contributed by atoms with van der Waals surface area (Å²) in [6.45, 7) is 5.16. The summed E-state index contributed by atoms with van der Waals surface area (Å²) in [6.07, 6.45) is 6.27. The lowest BCUT2D eigenvalue weighted by atomic mass is 9.94. The topological polar surface area (TPSA) is 78.4 Å². The molecule has 2 aliphatic heterocycles. The Kier molecular flexibility index (Phi) is 5.11. The Morgan fingerprint density at radius 1 is 1.04 bits per heavy atom. The fourth-order valence-corrected chi connectivity index (χ4v) is 4.70. The number of hydrogen-bond acceptors (Lipinski definition) is 5. The quantitative estimate of drug-likeness (QED) is 0.878. The molecule has 1 aromatic rings. The molecule has 2 saturated heterocycles. The van der Waals surface area contributed by atoms with Gasteiger partial charge in [0.25, 0.3) is 0 Å². The van der Waals surface area contributed by atoms with Crippen LogP contribution in [0, 0.1) is 11.8 Å². The third-order valence-corrected chi connectivity index (χ3v) is 6.74. The van der Waals surface area contributed by atoms with Gasteiger partial charge >= 0.3 is 6.03 Å². The largest absolute Gasteiger partial charge is 0.342 e. The number of aromatic nitrogens is 2. The first-order chi connectivity index (χ1) is 12.6. The second-order valence-electron chi connectivity index (χ2n) is 7.94. The van der Waals surface area contributed by atoms with E-state index in [0.29, 0.717) is 30.1 Å². The number of likely N-dealkylation sites (tertiary alicyclic amines) is 2. The van der Waals surface area contributed by atoms with E-state index in [-0.39, 0.29) is 17.9 Å². The van der Waals surface area contributed by atoms with Crippen LogP contribution >= 0.6 is 11.3 Å². The standard InChI is InChI=1S/C18H27N5O2S/c1-12-6-9-22(10-7-12)16(24)14-3-2-8-23(11-14)18(25)19-17-21-20-15(26-17)13-4-5-13/h12-14H,2-11H2,1H3,(H,19,21,25)/t14-/m1/s1. The molecule has 0 radical (unpaired) electrons. The highest BCUT2D eigenvalue weighted by Crippen LogP contribution is 2.42. The van der Waals surface area contributed by atoms with Gasteiger partial charge in [-0.1, -0.05) is 18.3 Å². The number of piperidine rings is 2. The van der Waals surface area contributed by atoms with E-state index in [4.69, 9.17) is 0 Å². The van der Waals surface area contributed by atoms with Gasteiger partial charge in [0.1, 0.15) is 5.01 Å². The van der Waals surface area contributed by atoms with Gasteiger partial charge < -0.3 is 9.80 Å². The second-order valence-corrected chi connectivity index (χ2v) is 8.95. The van der Waals surface area contributed by atoms with Crippen molar-refractivity contribution in [3.63, 3.8) is 0 Å². The Hall–Kier alpha value is -1.70. The van der Waals surface area contributed by atoms with Gasteiger partial charge in [-0.2, -0.15) is 0 Å². The van der Waals surface area contributed by atoms with Crippen LogP contribution in [0.1, 0.15) is 56.4 Å². The van der Waals surface area contributed by atoms with E-state index in [0.717, 1.165) is 43.8 Å². The molecular formula is C18H27N5O2S. The minimum Gasteiger partial charge on any atom is -0.342 e. The lowest BCUT2D eigenvalue weighted by molar-refractivity contribution is -0.138. The maximum atomic E-state index is 12.8. The van der Waals surface area contributed by atoms with Crippen molar-refractivity contribution >= 4 is 28.4 Å². The van der Waals surface area contributed by atoms with Gasteiger partial charge in [0, 0.05) is 32.1 Å². The van der Waals surface area contributed by atoms with Crippen molar-refractivity contribution in [1.29, 1.82) is 0 Å². The van der Waals surface area contributed by atoms with Crippen LogP contribution in [0.2, 0.25) is 0 Å². The summed E-state index contributed by atoms with van der Waals surface area (Å²) in [5, 5.41) is 12.7. The molecule has 1 atom stereocenters. The number of urea groups is 1. The lowest BCUT2D eigenvalue weighted by Crippen LogP contribution is -2.49. The summed E-state index contributed by atoms with van der Waals surface area (Å²) < 4.78 is 0. The first-order valence-electron chi connectivity index (χ1n) is 9.78. The zero-order chi connectivity index (χ0) is 18.1. The zero-order valence-corrected chi connectivity index (χ0v) is 16.1. The van der Waals surface area contributed by atoms with Crippen molar-refractivity contribution in [2.75, 3.05) is 31.5 Å². The van der Waals surface area contributed by atoms with Crippen LogP contribution in [0.3, 0.4) is 0 Å². The van der Waals surface area contributed by atoms with Gasteiger partial charge in [-0.15, -0.1) is 10.2 Å². The number of hydrogen-bond donors (Lipinski definition) is 1. The van der Waals surface area contributed by atoms with Crippen molar-refractivity contribution in [3.8, 4) is 0 Å². The van der Waals surface area contributed by atoms with E-state index in [1.54, 1.807) is 4.90 Å². The van der Waals surface area contributed by atoms with E-state index >= 15 is 0 Å². The average Bonchev–Trinajstić information content (AvgIpc) is 3.41. The molecule has 8 heteroatoms. The van der Waals surface area contributed by atoms with Crippen LogP contribution in [-0.2, 0) is 4.79 Å². The third kappa shape index (κ3) is 4.00. The van der Waals surface area contributed by atoms with Gasteiger partial charge in [-0.05, 0) is 44.4 Å². The highest BCUT2D eigenvalue weighted by Gasteiger charge is 2.33. The lowest BCUT2D eigenvalue weighted by Gasteiger charge is -2.37. The molecule has 1 aromatic heterocycles. The molecule has 3 fully saturated rings. The minimum absolute atomic E-state index is 0.0700. The van der Waals surface area contributed by atoms with E-state index in [1.165, 1.54) is 24.2 Å². The van der Waals surface area contributed by atoms with Crippen LogP contribution < -0.4 is 5.32 Å². The number of amides is 3. The van der Waals surface area contributed by atoms with Crippen molar-refractivity contribution in [2.45, 2.75) is 51.4 Å². The molecule has 1 N–H and O–H groups in total. The summed E-state index contributed by atoms with van der Waals surface area (Å²) in [5.41, 5.74) is 0. The summed E-state index contributed by atoms with van der Waals surface area (Å²) in [4.78, 5) is 29.2. The SMILES string of the molecule is CC1CCN(C(=O)[C@@H]2CCCN(C(=O)Nc3nnc(C4CC4)s3)C2)CC1. The molecular weight excluding hydrogens is 350 g/mol. The summed E-state index contributed by atoms with van der Waals surface area (Å²) in [5.74, 6) is 1.41. The van der Waals surface area contributed by atoms with E-state index < -0.39 is 0 Å². The maximum Gasteiger partial charge on any atom is 0.323 e. The summed E-state index contributed by atoms with van der Waals surface area (Å²) in [7, 11) is 0. The van der Waals surface area contributed by atoms with Crippen LogP contribution in [0.25, 0.3) is 0 Å². The molecule has 3 heterocycles. The molecule has 1 aliphatic carbocycles. The molecule has 3 aliphatic rings. The normalized spacial score (nSPS) is 24.6. The average molecular weight is 378 g/mol. The maximum absolute atomic E-state index is 12.8. The highest BCUT2D eigenvalue weighted by molar-refractivity contribution is 7.15. The number of rotatable bonds is 3. The molecule has 0 aromatic carbocycles. The Morgan fingerprint density at radius 2 is 1.81 bits per heavy atom. The number of nitrogens with one attached hydrogen (secondary N) is 1. The molecule has 7 nitrogen and oxygen atoms in total. The fraction of sp³-hybridized carbons (Fsp3) is 0.778. The number of nitrogens with zero attached hydrogens (tertiary/aromatic N) is 4. The van der Waals surface area contributed by atoms with Crippen LogP contribution in [-0.4, -0.2) is 58.1 Å². The zero-order valence-electron chi connectivity index (χ0n) is 15.3. The second kappa shape index (κ2) is 7.50. The van der Waals surface area contributed by atoms with E-state index in [2.05, 4.69) is 22.4 Å². The Bertz CT molecular complexity index is 666. The molecule has 0 spiro atoms. The molecule has 0 bridgehead atoms. The van der Waals surface area contributed by atoms with Crippen molar-refractivity contribution < 1.29 is 9.59 Å². The van der Waals surface area contributed by atoms with Crippen molar-refractivity contribution in [3.05, 3.63) is 5.01 Å². The van der Waals surface area contributed by atoms with E-state index in [1.807, 2.05) is 4.90 Å². The predicted octanol–water partition coefficient (Wildman–Crippen LogP) is 2.92. The predicted molar refractivity (Wildman–Crippen MR) is 100 cm³/mol. The third-order valence-electron chi connectivity index (χ3n) is 5.73. The molecule has 3 amide bonds. The molecule has 4 rings (SSSR count). The molecule has 0 unspecified atom stereocenters. The Morgan fingerprint density at radius 3 is 2.54 bits per heavy atom. The molecule has 142 valence electrons. The van der Waals surface area contributed by atoms with Gasteiger partial charge in [-0.3, -0.25) is 10.1 Å². The number of anilines is 1. The van der Waals surface area contributed by atoms with Gasteiger partial charge in [-0.25, -0.2) is 4.79 Å². The summed E-state index contributed by atoms with van der Waals surface area (Å²) in [6, 6.07) is -0.159. The van der Waals surface area contributed by atoms with Gasteiger partial charge in [0.15, 0.2) is 0 Å². The van der Waals surface area contributed by atoms with Gasteiger partial charge in [0.05, 0.1) is 5.92 Å². The molecule has 26 heavy (non-hydrogen) atoms. The number of carbonyl (C=O) groups excluding carboxylic acids is 2. The van der Waals surface area contributed by atoms with Crippen LogP contribution in [0.4, 0.5) is 9.93 Å². The number of carbonyl (C=O) groups is 2. The Balaban J connectivity index is 1.32. The minimum atomic E-state index is -0.159. The fourth-order valence-electron chi connectivity index (χ4n) is 3.80. The smallest absolute Gasteiger partial charge is 0.323 e. The van der Waals surface area contributed by atoms with Gasteiger partial charge in [0.2, 0.25) is 11.0 Å². The first kappa shape index (κ1) is 17.7. The molecule has 1 saturated carbocycles. The van der Waals surface area contributed by atoms with Crippen molar-refractivity contribution in [1.82, 2.24) is 20.0 Å². The van der Waals surface area contributed by atoms with E-state index in [9.17, 15) is 9.59 Å². The first-order valence-corrected chi connectivity index (χ1v) is 10.6. The Labute approximate surface area is 158 Å². The van der Waals surface area contributed by atoms with Crippen LogP contribution in [0.15, 0.2) is 0 Å². The highest BCUT2D eigenvalue weighted by atomic mass is 32.1.